The average molecular weight is 466 g/mol. The fourth-order valence-electron chi connectivity index (χ4n) is 4.46. The summed E-state index contributed by atoms with van der Waals surface area (Å²) in [4.78, 5) is 42.5. The third-order valence-corrected chi connectivity index (χ3v) is 6.16. The first kappa shape index (κ1) is 22.2. The minimum Gasteiger partial charge on any atom is -0.461 e. The van der Waals surface area contributed by atoms with Crippen molar-refractivity contribution in [3.8, 4) is 0 Å². The van der Waals surface area contributed by atoms with E-state index in [-0.39, 0.29) is 16.9 Å². The molecule has 0 aliphatic heterocycles. The Kier molecular flexibility index (Phi) is 5.45. The van der Waals surface area contributed by atoms with Crippen LogP contribution in [0.4, 0.5) is 5.69 Å². The van der Waals surface area contributed by atoms with Gasteiger partial charge in [-0.15, -0.1) is 0 Å². The zero-order chi connectivity index (χ0) is 24.7. The molecule has 0 saturated heterocycles. The van der Waals surface area contributed by atoms with Gasteiger partial charge in [0.1, 0.15) is 11.8 Å². The summed E-state index contributed by atoms with van der Waals surface area (Å²) in [5.41, 5.74) is 6.25. The van der Waals surface area contributed by atoms with E-state index in [1.54, 1.807) is 6.07 Å². The van der Waals surface area contributed by atoms with Gasteiger partial charge in [0.15, 0.2) is 11.5 Å². The van der Waals surface area contributed by atoms with Crippen LogP contribution in [0.15, 0.2) is 82.7 Å². The molecule has 0 fully saturated rings. The maximum absolute atomic E-state index is 13.3. The Labute approximate surface area is 200 Å². The Hall–Kier alpha value is -4.65. The van der Waals surface area contributed by atoms with Crippen LogP contribution >= 0.6 is 0 Å². The molecule has 0 aliphatic rings. The first-order chi connectivity index (χ1) is 16.9. The highest BCUT2D eigenvalue weighted by Gasteiger charge is 2.19. The van der Waals surface area contributed by atoms with Crippen molar-refractivity contribution in [2.75, 3.05) is 5.48 Å². The highest BCUT2D eigenvalue weighted by Crippen LogP contribution is 2.35. The van der Waals surface area contributed by atoms with Crippen LogP contribution in [-0.2, 0) is 16.2 Å². The number of ketones is 1. The fraction of sp³-hybridized carbons (Fsp3) is 0.107. The van der Waals surface area contributed by atoms with E-state index in [0.717, 1.165) is 33.4 Å². The van der Waals surface area contributed by atoms with Crippen molar-refractivity contribution in [1.82, 2.24) is 4.57 Å². The molecule has 174 valence electrons. The van der Waals surface area contributed by atoms with Crippen LogP contribution in [0.1, 0.15) is 28.4 Å². The molecular formula is C28H22N2O5. The second-order valence-corrected chi connectivity index (χ2v) is 8.16. The Morgan fingerprint density at radius 1 is 1.09 bits per heavy atom. The molecular weight excluding hydrogens is 444 g/mol. The Morgan fingerprint density at radius 3 is 2.60 bits per heavy atom. The number of rotatable bonds is 6. The van der Waals surface area contributed by atoms with Crippen molar-refractivity contribution in [1.29, 1.82) is 0 Å². The lowest BCUT2D eigenvalue weighted by molar-refractivity contribution is -0.134. The number of hydrogen-bond acceptors (Lipinski definition) is 6. The topological polar surface area (TPSA) is 90.5 Å². The zero-order valence-electron chi connectivity index (χ0n) is 19.3. The molecule has 0 saturated carbocycles. The molecule has 2 aromatic heterocycles. The van der Waals surface area contributed by atoms with Crippen LogP contribution in [0, 0.1) is 6.92 Å². The van der Waals surface area contributed by atoms with Crippen LogP contribution in [0.25, 0.3) is 32.8 Å². The lowest BCUT2D eigenvalue weighted by Crippen LogP contribution is -2.14. The van der Waals surface area contributed by atoms with Gasteiger partial charge in [-0.2, -0.15) is 0 Å². The molecule has 5 aromatic rings. The molecule has 0 amide bonds. The van der Waals surface area contributed by atoms with E-state index in [9.17, 15) is 14.4 Å². The van der Waals surface area contributed by atoms with E-state index in [4.69, 9.17) is 9.25 Å². The number of carbonyl (C=O) groups is 2. The summed E-state index contributed by atoms with van der Waals surface area (Å²) in [6.07, 6.45) is 2.20. The molecule has 0 bridgehead atoms. The number of aromatic nitrogens is 1. The van der Waals surface area contributed by atoms with Crippen molar-refractivity contribution < 1.29 is 18.8 Å². The quantitative estimate of drug-likeness (QED) is 0.201. The number of nitrogens with one attached hydrogen (secondary N) is 1. The molecule has 0 unspecified atom stereocenters. The highest BCUT2D eigenvalue weighted by atomic mass is 16.7. The molecule has 7 heteroatoms. The molecule has 0 spiro atoms. The standard InChI is InChI=1S/C28H22N2O5/c1-4-24(31)35-29-21-15-34-28-19(27(21)33)11-13-23-25(28)20-14-17(10-12-22(20)30(23)5-2)26(32)18-9-7-6-8-16(18)3/h4,6-15,29H,1,5H2,2-3H3. The minimum atomic E-state index is -0.725. The highest BCUT2D eigenvalue weighted by molar-refractivity contribution is 6.21. The van der Waals surface area contributed by atoms with Gasteiger partial charge in [-0.1, -0.05) is 30.8 Å². The van der Waals surface area contributed by atoms with Crippen LogP contribution in [-0.4, -0.2) is 16.3 Å². The number of hydrogen-bond donors (Lipinski definition) is 1. The van der Waals surface area contributed by atoms with Gasteiger partial charge >= 0.3 is 5.97 Å². The van der Waals surface area contributed by atoms with E-state index in [2.05, 4.69) is 16.6 Å². The van der Waals surface area contributed by atoms with E-state index in [0.29, 0.717) is 28.6 Å². The van der Waals surface area contributed by atoms with Crippen LogP contribution in [0.2, 0.25) is 0 Å². The molecule has 0 radical (unpaired) electrons. The van der Waals surface area contributed by atoms with E-state index >= 15 is 0 Å². The summed E-state index contributed by atoms with van der Waals surface area (Å²) >= 11 is 0. The van der Waals surface area contributed by atoms with Crippen molar-refractivity contribution in [2.24, 2.45) is 0 Å². The number of carbonyl (C=O) groups excluding carboxylic acids is 2. The first-order valence-electron chi connectivity index (χ1n) is 11.1. The van der Waals surface area contributed by atoms with Gasteiger partial charge in [-0.25, -0.2) is 10.3 Å². The van der Waals surface area contributed by atoms with Crippen LogP contribution < -0.4 is 10.9 Å². The molecule has 3 aromatic carbocycles. The van der Waals surface area contributed by atoms with Gasteiger partial charge < -0.3 is 13.8 Å². The van der Waals surface area contributed by atoms with Crippen LogP contribution in [0.5, 0.6) is 0 Å². The summed E-state index contributed by atoms with van der Waals surface area (Å²) in [5.74, 6) is -0.795. The molecule has 0 atom stereocenters. The minimum absolute atomic E-state index is 0.0123. The van der Waals surface area contributed by atoms with Crippen molar-refractivity contribution in [2.45, 2.75) is 20.4 Å². The average Bonchev–Trinajstić information content (AvgIpc) is 3.21. The fourth-order valence-corrected chi connectivity index (χ4v) is 4.46. The van der Waals surface area contributed by atoms with Gasteiger partial charge in [0.2, 0.25) is 5.43 Å². The molecule has 7 nitrogen and oxygen atoms in total. The van der Waals surface area contributed by atoms with Crippen molar-refractivity contribution in [3.63, 3.8) is 0 Å². The maximum Gasteiger partial charge on any atom is 0.355 e. The summed E-state index contributed by atoms with van der Waals surface area (Å²) < 4.78 is 8.01. The van der Waals surface area contributed by atoms with E-state index < -0.39 is 5.97 Å². The molecule has 35 heavy (non-hydrogen) atoms. The van der Waals surface area contributed by atoms with Gasteiger partial charge in [0.25, 0.3) is 0 Å². The number of nitrogens with zero attached hydrogens (tertiary/aromatic N) is 1. The summed E-state index contributed by atoms with van der Waals surface area (Å²) in [5, 5.41) is 1.88. The number of aryl methyl sites for hydroxylation is 2. The predicted octanol–water partition coefficient (Wildman–Crippen LogP) is 5.52. The van der Waals surface area contributed by atoms with Crippen LogP contribution in [0.3, 0.4) is 0 Å². The van der Waals surface area contributed by atoms with Gasteiger partial charge in [0, 0.05) is 34.7 Å². The molecule has 5 rings (SSSR count). The predicted molar refractivity (Wildman–Crippen MR) is 136 cm³/mol. The maximum atomic E-state index is 13.3. The normalized spacial score (nSPS) is 11.1. The number of benzene rings is 3. The third kappa shape index (κ3) is 3.58. The smallest absolute Gasteiger partial charge is 0.355 e. The van der Waals surface area contributed by atoms with Gasteiger partial charge in [-0.3, -0.25) is 9.59 Å². The number of anilines is 1. The largest absolute Gasteiger partial charge is 0.461 e. The SMILES string of the molecule is C=CC(=O)ONc1coc2c(ccc3c2c2cc(C(=O)c4ccccc4C)ccc2n3CC)c1=O. The second kappa shape index (κ2) is 8.61. The van der Waals surface area contributed by atoms with Gasteiger partial charge in [-0.05, 0) is 49.7 Å². The summed E-state index contributed by atoms with van der Waals surface area (Å²) in [6, 6.07) is 16.6. The zero-order valence-corrected chi connectivity index (χ0v) is 19.3. The molecule has 1 N–H and O–H groups in total. The van der Waals surface area contributed by atoms with E-state index in [1.165, 1.54) is 6.26 Å². The van der Waals surface area contributed by atoms with Crippen molar-refractivity contribution >= 4 is 50.2 Å². The number of fused-ring (bicyclic) bond motifs is 5. The monoisotopic (exact) mass is 466 g/mol. The summed E-state index contributed by atoms with van der Waals surface area (Å²) in [7, 11) is 0. The van der Waals surface area contributed by atoms with Crippen molar-refractivity contribution in [3.05, 3.63) is 100 Å². The lowest BCUT2D eigenvalue weighted by atomic mass is 9.97. The Bertz CT molecular complexity index is 1730. The second-order valence-electron chi connectivity index (χ2n) is 8.16. The summed E-state index contributed by atoms with van der Waals surface area (Å²) in [6.45, 7) is 7.96. The Balaban J connectivity index is 1.74. The van der Waals surface area contributed by atoms with E-state index in [1.807, 2.05) is 62.4 Å². The third-order valence-electron chi connectivity index (χ3n) is 6.16. The Morgan fingerprint density at radius 2 is 1.86 bits per heavy atom. The first-order valence-corrected chi connectivity index (χ1v) is 11.1. The lowest BCUT2D eigenvalue weighted by Gasteiger charge is -2.06. The molecule has 0 aliphatic carbocycles. The van der Waals surface area contributed by atoms with Gasteiger partial charge in [0.05, 0.1) is 16.3 Å². The molecule has 2 heterocycles.